The second-order valence-corrected chi connectivity index (χ2v) is 5.85. The zero-order chi connectivity index (χ0) is 16.5. The van der Waals surface area contributed by atoms with Gasteiger partial charge in [0.05, 0.1) is 5.92 Å². The van der Waals surface area contributed by atoms with Crippen molar-refractivity contribution in [2.45, 2.75) is 32.6 Å². The van der Waals surface area contributed by atoms with Crippen LogP contribution in [-0.4, -0.2) is 30.3 Å². The molecule has 2 aromatic rings. The molecule has 0 aliphatic carbocycles. The van der Waals surface area contributed by atoms with Crippen LogP contribution in [0, 0.1) is 0 Å². The highest BCUT2D eigenvalue weighted by molar-refractivity contribution is 5.89. The number of nitrogens with zero attached hydrogens (tertiary/aromatic N) is 1. The molecule has 0 N–H and O–H groups in total. The summed E-state index contributed by atoms with van der Waals surface area (Å²) in [6, 6.07) is 20.2. The second kappa shape index (κ2) is 9.26. The Balaban J connectivity index is 2.10. The van der Waals surface area contributed by atoms with E-state index in [9.17, 15) is 4.79 Å². The maximum Gasteiger partial charge on any atom is 0.144 e. The normalized spacial score (nSPS) is 11.1. The molecule has 2 aromatic carbocycles. The lowest BCUT2D eigenvalue weighted by molar-refractivity contribution is -0.119. The van der Waals surface area contributed by atoms with E-state index in [-0.39, 0.29) is 5.92 Å². The van der Waals surface area contributed by atoms with Crippen LogP contribution in [0.2, 0.25) is 0 Å². The molecule has 122 valence electrons. The Labute approximate surface area is 140 Å². The zero-order valence-corrected chi connectivity index (χ0v) is 14.2. The van der Waals surface area contributed by atoms with E-state index in [1.54, 1.807) is 0 Å². The van der Waals surface area contributed by atoms with Gasteiger partial charge in [-0.1, -0.05) is 74.5 Å². The fourth-order valence-electron chi connectivity index (χ4n) is 3.02. The van der Waals surface area contributed by atoms with Crippen LogP contribution in [0.1, 0.15) is 43.7 Å². The van der Waals surface area contributed by atoms with Gasteiger partial charge >= 0.3 is 0 Å². The summed E-state index contributed by atoms with van der Waals surface area (Å²) < 4.78 is 0. The molecule has 0 aliphatic heterocycles. The number of hydrogen-bond acceptors (Lipinski definition) is 2. The second-order valence-electron chi connectivity index (χ2n) is 5.85. The highest BCUT2D eigenvalue weighted by Gasteiger charge is 2.21. The van der Waals surface area contributed by atoms with Crippen molar-refractivity contribution in [3.8, 4) is 0 Å². The summed E-state index contributed by atoms with van der Waals surface area (Å²) in [4.78, 5) is 15.3. The summed E-state index contributed by atoms with van der Waals surface area (Å²) >= 11 is 0. The van der Waals surface area contributed by atoms with Gasteiger partial charge in [-0.15, -0.1) is 0 Å². The van der Waals surface area contributed by atoms with Gasteiger partial charge in [-0.3, -0.25) is 4.79 Å². The Morgan fingerprint density at radius 3 is 1.78 bits per heavy atom. The average Bonchev–Trinajstić information content (AvgIpc) is 2.61. The van der Waals surface area contributed by atoms with Gasteiger partial charge in [-0.05, 0) is 37.2 Å². The number of carbonyl (C=O) groups excluding carboxylic acids is 1. The molecule has 0 spiro atoms. The number of hydrogen-bond donors (Lipinski definition) is 0. The minimum absolute atomic E-state index is 0.144. The quantitative estimate of drug-likeness (QED) is 0.679. The molecule has 0 heterocycles. The van der Waals surface area contributed by atoms with Crippen LogP contribution in [0.25, 0.3) is 0 Å². The van der Waals surface area contributed by atoms with Crippen LogP contribution in [0.15, 0.2) is 60.7 Å². The van der Waals surface area contributed by atoms with Crippen molar-refractivity contribution in [3.63, 3.8) is 0 Å². The SMILES string of the molecule is CCN(CC)CCCC(=O)C(c1ccccc1)c1ccccc1. The van der Waals surface area contributed by atoms with Gasteiger partial charge in [-0.25, -0.2) is 0 Å². The molecular weight excluding hydrogens is 282 g/mol. The first-order valence-corrected chi connectivity index (χ1v) is 8.61. The van der Waals surface area contributed by atoms with Crippen LogP contribution in [0.4, 0.5) is 0 Å². The Hall–Kier alpha value is -1.93. The molecule has 0 atom stereocenters. The van der Waals surface area contributed by atoms with Crippen LogP contribution >= 0.6 is 0 Å². The van der Waals surface area contributed by atoms with E-state index >= 15 is 0 Å². The van der Waals surface area contributed by atoms with Crippen molar-refractivity contribution in [2.24, 2.45) is 0 Å². The minimum atomic E-state index is -0.144. The molecule has 2 heteroatoms. The van der Waals surface area contributed by atoms with Crippen molar-refractivity contribution >= 4 is 5.78 Å². The lowest BCUT2D eigenvalue weighted by Crippen LogP contribution is -2.25. The van der Waals surface area contributed by atoms with E-state index in [0.29, 0.717) is 12.2 Å². The van der Waals surface area contributed by atoms with Crippen LogP contribution in [0.3, 0.4) is 0 Å². The predicted molar refractivity (Wildman–Crippen MR) is 96.8 cm³/mol. The van der Waals surface area contributed by atoms with Gasteiger partial charge in [0.2, 0.25) is 0 Å². The van der Waals surface area contributed by atoms with Crippen molar-refractivity contribution in [1.82, 2.24) is 4.90 Å². The molecule has 0 fully saturated rings. The van der Waals surface area contributed by atoms with Gasteiger partial charge in [0.25, 0.3) is 0 Å². The molecule has 0 aliphatic rings. The summed E-state index contributed by atoms with van der Waals surface area (Å²) in [5.41, 5.74) is 2.18. The van der Waals surface area contributed by atoms with Crippen LogP contribution < -0.4 is 0 Å². The van der Waals surface area contributed by atoms with Crippen LogP contribution in [0.5, 0.6) is 0 Å². The number of carbonyl (C=O) groups is 1. The molecule has 0 radical (unpaired) electrons. The number of benzene rings is 2. The summed E-state index contributed by atoms with van der Waals surface area (Å²) in [5.74, 6) is 0.170. The molecule has 0 unspecified atom stereocenters. The average molecular weight is 309 g/mol. The van der Waals surface area contributed by atoms with Gasteiger partial charge < -0.3 is 4.90 Å². The van der Waals surface area contributed by atoms with Crippen molar-refractivity contribution in [2.75, 3.05) is 19.6 Å². The van der Waals surface area contributed by atoms with Gasteiger partial charge in [0, 0.05) is 6.42 Å². The van der Waals surface area contributed by atoms with E-state index in [2.05, 4.69) is 43.0 Å². The fourth-order valence-corrected chi connectivity index (χ4v) is 3.02. The number of Topliss-reactive ketones (excluding diaryl/α,β-unsaturated/α-hetero) is 1. The lowest BCUT2D eigenvalue weighted by atomic mass is 9.86. The van der Waals surface area contributed by atoms with Gasteiger partial charge in [-0.2, -0.15) is 0 Å². The minimum Gasteiger partial charge on any atom is -0.304 e. The van der Waals surface area contributed by atoms with Crippen molar-refractivity contribution in [3.05, 3.63) is 71.8 Å². The standard InChI is InChI=1S/C21H27NO/c1-3-22(4-2)17-11-16-20(23)21(18-12-7-5-8-13-18)19-14-9-6-10-15-19/h5-10,12-15,21H,3-4,11,16-17H2,1-2H3. The fraction of sp³-hybridized carbons (Fsp3) is 0.381. The molecular formula is C21H27NO. The van der Waals surface area contributed by atoms with Gasteiger partial charge in [0.15, 0.2) is 0 Å². The molecule has 2 rings (SSSR count). The van der Waals surface area contributed by atoms with E-state index in [1.807, 2.05) is 36.4 Å². The number of ketones is 1. The Morgan fingerprint density at radius 1 is 0.870 bits per heavy atom. The Bertz CT molecular complexity index is 536. The topological polar surface area (TPSA) is 20.3 Å². The molecule has 0 saturated carbocycles. The number of rotatable bonds is 9. The first-order valence-electron chi connectivity index (χ1n) is 8.61. The summed E-state index contributed by atoms with van der Waals surface area (Å²) in [5, 5.41) is 0. The molecule has 0 aromatic heterocycles. The van der Waals surface area contributed by atoms with Crippen molar-refractivity contribution < 1.29 is 4.79 Å². The zero-order valence-electron chi connectivity index (χ0n) is 14.2. The smallest absolute Gasteiger partial charge is 0.144 e. The maximum atomic E-state index is 12.9. The molecule has 0 bridgehead atoms. The largest absolute Gasteiger partial charge is 0.304 e. The van der Waals surface area contributed by atoms with E-state index in [4.69, 9.17) is 0 Å². The highest BCUT2D eigenvalue weighted by atomic mass is 16.1. The molecule has 2 nitrogen and oxygen atoms in total. The summed E-state index contributed by atoms with van der Waals surface area (Å²) in [6.45, 7) is 7.43. The third-order valence-corrected chi connectivity index (χ3v) is 4.38. The maximum absolute atomic E-state index is 12.9. The Morgan fingerprint density at radius 2 is 1.35 bits per heavy atom. The van der Waals surface area contributed by atoms with E-state index in [0.717, 1.165) is 37.2 Å². The molecule has 0 amide bonds. The van der Waals surface area contributed by atoms with Gasteiger partial charge in [0.1, 0.15) is 5.78 Å². The predicted octanol–water partition coefficient (Wildman–Crippen LogP) is 4.51. The van der Waals surface area contributed by atoms with Crippen molar-refractivity contribution in [1.29, 1.82) is 0 Å². The first-order chi connectivity index (χ1) is 11.3. The van der Waals surface area contributed by atoms with E-state index in [1.165, 1.54) is 0 Å². The van der Waals surface area contributed by atoms with Crippen LogP contribution in [-0.2, 0) is 4.79 Å². The summed E-state index contributed by atoms with van der Waals surface area (Å²) in [7, 11) is 0. The third-order valence-electron chi connectivity index (χ3n) is 4.38. The summed E-state index contributed by atoms with van der Waals surface area (Å²) in [6.07, 6.45) is 1.56. The monoisotopic (exact) mass is 309 g/mol. The third kappa shape index (κ3) is 5.04. The molecule has 0 saturated heterocycles. The first kappa shape index (κ1) is 17.4. The molecule has 23 heavy (non-hydrogen) atoms. The Kier molecular flexibility index (Phi) is 7.02. The van der Waals surface area contributed by atoms with E-state index < -0.39 is 0 Å². The highest BCUT2D eigenvalue weighted by Crippen LogP contribution is 2.27. The lowest BCUT2D eigenvalue weighted by Gasteiger charge is -2.20.